The second kappa shape index (κ2) is 17.6. The van der Waals surface area contributed by atoms with Crippen LogP contribution in [-0.4, -0.2) is 5.78 Å². The Kier molecular flexibility index (Phi) is 14.4. The number of hydrogen-bond donors (Lipinski definition) is 0. The summed E-state index contributed by atoms with van der Waals surface area (Å²) in [5.74, 6) is 0.274. The van der Waals surface area contributed by atoms with Gasteiger partial charge in [-0.15, -0.1) is 0 Å². The van der Waals surface area contributed by atoms with Gasteiger partial charge in [0.25, 0.3) is 0 Å². The number of aromatic nitrogens is 1. The minimum Gasteiger partial charge on any atom is -0.287 e. The van der Waals surface area contributed by atoms with Gasteiger partial charge in [0.15, 0.2) is 12.7 Å². The Labute approximate surface area is 197 Å². The topological polar surface area (TPSA) is 20.9 Å². The number of carbonyl (C=O) groups is 1. The molecule has 0 amide bonds. The number of hydrogen-bond acceptors (Lipinski definition) is 1. The van der Waals surface area contributed by atoms with Crippen molar-refractivity contribution in [3.05, 3.63) is 66.0 Å². The van der Waals surface area contributed by atoms with Crippen LogP contribution >= 0.6 is 0 Å². The average molecular weight is 437 g/mol. The Bertz CT molecular complexity index is 725. The number of carbonyl (C=O) groups excluding carboxylic acids is 1. The first-order chi connectivity index (χ1) is 15.8. The Morgan fingerprint density at radius 2 is 1.12 bits per heavy atom. The van der Waals surface area contributed by atoms with Gasteiger partial charge >= 0.3 is 0 Å². The molecule has 2 heteroatoms. The van der Waals surface area contributed by atoms with Crippen molar-refractivity contribution in [3.8, 4) is 0 Å². The molecule has 2 aromatic rings. The van der Waals surface area contributed by atoms with Crippen molar-refractivity contribution in [3.63, 3.8) is 0 Å². The van der Waals surface area contributed by atoms with Crippen molar-refractivity contribution < 1.29 is 9.36 Å². The van der Waals surface area contributed by atoms with E-state index in [1.54, 1.807) is 0 Å². The van der Waals surface area contributed by atoms with Crippen molar-refractivity contribution in [2.75, 3.05) is 0 Å². The van der Waals surface area contributed by atoms with E-state index in [0.717, 1.165) is 18.7 Å². The molecule has 1 aromatic carbocycles. The third-order valence-corrected chi connectivity index (χ3v) is 6.43. The van der Waals surface area contributed by atoms with E-state index < -0.39 is 0 Å². The number of ketones is 1. The molecule has 0 fully saturated rings. The molecule has 0 aliphatic heterocycles. The van der Waals surface area contributed by atoms with E-state index in [0.29, 0.717) is 6.42 Å². The van der Waals surface area contributed by atoms with E-state index in [-0.39, 0.29) is 5.78 Å². The lowest BCUT2D eigenvalue weighted by molar-refractivity contribution is -0.690. The van der Waals surface area contributed by atoms with Crippen LogP contribution in [0.1, 0.15) is 126 Å². The first kappa shape index (κ1) is 26.3. The van der Waals surface area contributed by atoms with E-state index in [1.165, 1.54) is 95.5 Å². The Morgan fingerprint density at radius 3 is 1.69 bits per heavy atom. The molecule has 176 valence electrons. The van der Waals surface area contributed by atoms with E-state index >= 15 is 0 Å². The number of rotatable bonds is 19. The van der Waals surface area contributed by atoms with E-state index in [1.807, 2.05) is 30.5 Å². The van der Waals surface area contributed by atoms with Crippen LogP contribution in [0.5, 0.6) is 0 Å². The molecule has 2 nitrogen and oxygen atoms in total. The third-order valence-electron chi connectivity index (χ3n) is 6.43. The fourth-order valence-electron chi connectivity index (χ4n) is 4.43. The Balaban J connectivity index is 1.49. The zero-order chi connectivity index (χ0) is 22.7. The van der Waals surface area contributed by atoms with Gasteiger partial charge in [-0.05, 0) is 12.5 Å². The van der Waals surface area contributed by atoms with Gasteiger partial charge in [-0.2, -0.15) is 4.57 Å². The summed E-state index contributed by atoms with van der Waals surface area (Å²) in [6, 6.07) is 16.3. The maximum atomic E-state index is 12.8. The monoisotopic (exact) mass is 436 g/mol. The van der Waals surface area contributed by atoms with Gasteiger partial charge in [-0.1, -0.05) is 127 Å². The number of nitrogens with zero attached hydrogens (tertiary/aromatic N) is 1. The van der Waals surface area contributed by atoms with E-state index in [2.05, 4.69) is 35.8 Å². The molecule has 0 atom stereocenters. The average Bonchev–Trinajstić information content (AvgIpc) is 2.82. The first-order valence-corrected chi connectivity index (χ1v) is 13.4. The highest BCUT2D eigenvalue weighted by molar-refractivity contribution is 5.92. The van der Waals surface area contributed by atoms with Gasteiger partial charge < -0.3 is 0 Å². The third kappa shape index (κ3) is 11.6. The first-order valence-electron chi connectivity index (χ1n) is 13.4. The highest BCUT2D eigenvalue weighted by Crippen LogP contribution is 2.14. The van der Waals surface area contributed by atoms with Crippen LogP contribution in [0.25, 0.3) is 0 Å². The SMILES string of the molecule is CCCCCCCCCCCCCCCCCC(=O)c1cccc[n+]1Cc1ccccc1. The maximum absolute atomic E-state index is 12.8. The lowest BCUT2D eigenvalue weighted by Gasteiger charge is -2.05. The van der Waals surface area contributed by atoms with Gasteiger partial charge in [0.2, 0.25) is 11.5 Å². The molecule has 0 spiro atoms. The minimum atomic E-state index is 0.274. The summed E-state index contributed by atoms with van der Waals surface area (Å²) < 4.78 is 2.09. The molecule has 0 saturated heterocycles. The summed E-state index contributed by atoms with van der Waals surface area (Å²) >= 11 is 0. The number of unbranched alkanes of at least 4 members (excludes halogenated alkanes) is 14. The largest absolute Gasteiger partial charge is 0.287 e. The lowest BCUT2D eigenvalue weighted by atomic mass is 10.0. The molecule has 0 aliphatic rings. The zero-order valence-electron chi connectivity index (χ0n) is 20.6. The number of benzene rings is 1. The highest BCUT2D eigenvalue weighted by Gasteiger charge is 2.18. The summed E-state index contributed by atoms with van der Waals surface area (Å²) in [7, 11) is 0. The van der Waals surface area contributed by atoms with Crippen molar-refractivity contribution in [1.82, 2.24) is 0 Å². The van der Waals surface area contributed by atoms with Gasteiger partial charge in [0, 0.05) is 24.1 Å². The summed E-state index contributed by atoms with van der Waals surface area (Å²) in [6.45, 7) is 3.04. The molecule has 0 radical (unpaired) electrons. The molecule has 0 aliphatic carbocycles. The fraction of sp³-hybridized carbons (Fsp3) is 0.600. The van der Waals surface area contributed by atoms with Crippen LogP contribution in [0.15, 0.2) is 54.7 Å². The summed E-state index contributed by atoms with van der Waals surface area (Å²) in [5.41, 5.74) is 2.06. The molecule has 0 bridgehead atoms. The number of pyridine rings is 1. The minimum absolute atomic E-state index is 0.274. The van der Waals surface area contributed by atoms with Crippen LogP contribution in [-0.2, 0) is 6.54 Å². The fourth-order valence-corrected chi connectivity index (χ4v) is 4.43. The van der Waals surface area contributed by atoms with Crippen LogP contribution in [0.3, 0.4) is 0 Å². The van der Waals surface area contributed by atoms with Crippen molar-refractivity contribution >= 4 is 5.78 Å². The Hall–Kier alpha value is -1.96. The van der Waals surface area contributed by atoms with Crippen molar-refractivity contribution in [2.45, 2.75) is 116 Å². The standard InChI is InChI=1S/C30H46NO/c1-2-3-4-5-6-7-8-9-10-11-12-13-14-15-19-25-30(32)29-24-20-21-26-31(29)27-28-22-17-16-18-23-28/h16-18,20-24,26H,2-15,19,25,27H2,1H3/q+1. The van der Waals surface area contributed by atoms with Gasteiger partial charge in [0.1, 0.15) is 0 Å². The van der Waals surface area contributed by atoms with E-state index in [9.17, 15) is 4.79 Å². The Morgan fingerprint density at radius 1 is 0.625 bits per heavy atom. The van der Waals surface area contributed by atoms with Crippen molar-refractivity contribution in [2.24, 2.45) is 0 Å². The summed E-state index contributed by atoms with van der Waals surface area (Å²) in [6.07, 6.45) is 23.0. The molecule has 32 heavy (non-hydrogen) atoms. The number of Topliss-reactive ketones (excluding diaryl/α,β-unsaturated/α-hetero) is 1. The molecule has 1 aromatic heterocycles. The lowest BCUT2D eigenvalue weighted by Crippen LogP contribution is -2.40. The quantitative estimate of drug-likeness (QED) is 0.123. The van der Waals surface area contributed by atoms with Crippen LogP contribution in [0.4, 0.5) is 0 Å². The van der Waals surface area contributed by atoms with Crippen LogP contribution in [0.2, 0.25) is 0 Å². The van der Waals surface area contributed by atoms with Gasteiger partial charge in [-0.25, -0.2) is 0 Å². The molecule has 0 N–H and O–H groups in total. The molecule has 2 rings (SSSR count). The molecule has 1 heterocycles. The molecular formula is C30H46NO+. The molecule has 0 saturated carbocycles. The summed E-state index contributed by atoms with van der Waals surface area (Å²) in [5, 5.41) is 0. The second-order valence-electron chi connectivity index (χ2n) is 9.32. The molecular weight excluding hydrogens is 390 g/mol. The van der Waals surface area contributed by atoms with Crippen LogP contribution < -0.4 is 4.57 Å². The molecule has 0 unspecified atom stereocenters. The van der Waals surface area contributed by atoms with Gasteiger partial charge in [0.05, 0.1) is 0 Å². The predicted molar refractivity (Wildman–Crippen MR) is 136 cm³/mol. The highest BCUT2D eigenvalue weighted by atomic mass is 16.1. The summed E-state index contributed by atoms with van der Waals surface area (Å²) in [4.78, 5) is 12.8. The van der Waals surface area contributed by atoms with Crippen LogP contribution in [0, 0.1) is 0 Å². The predicted octanol–water partition coefficient (Wildman–Crippen LogP) is 8.47. The smallest absolute Gasteiger partial charge is 0.248 e. The van der Waals surface area contributed by atoms with E-state index in [4.69, 9.17) is 0 Å². The second-order valence-corrected chi connectivity index (χ2v) is 9.32. The zero-order valence-corrected chi connectivity index (χ0v) is 20.6. The maximum Gasteiger partial charge on any atom is 0.248 e. The van der Waals surface area contributed by atoms with Crippen molar-refractivity contribution in [1.29, 1.82) is 0 Å². The normalized spacial score (nSPS) is 11.0. The van der Waals surface area contributed by atoms with Gasteiger partial charge in [-0.3, -0.25) is 4.79 Å².